The first-order valence-corrected chi connectivity index (χ1v) is 12.4. The number of hydrogen-bond donors (Lipinski definition) is 2. The van der Waals surface area contributed by atoms with Crippen LogP contribution in [0.25, 0.3) is 6.08 Å². The van der Waals surface area contributed by atoms with Gasteiger partial charge in [-0.2, -0.15) is 5.26 Å². The van der Waals surface area contributed by atoms with Gasteiger partial charge in [-0.05, 0) is 29.2 Å². The molecule has 7 nitrogen and oxygen atoms in total. The van der Waals surface area contributed by atoms with Crippen LogP contribution in [0.3, 0.4) is 0 Å². The van der Waals surface area contributed by atoms with Gasteiger partial charge in [0.1, 0.15) is 6.04 Å². The average molecular weight is 512 g/mol. The fraction of sp³-hybridized carbons (Fsp3) is 0.385. The van der Waals surface area contributed by atoms with Crippen molar-refractivity contribution in [2.45, 2.75) is 54.8 Å². The second kappa shape index (κ2) is 9.90. The molecule has 36 heavy (non-hydrogen) atoms. The highest BCUT2D eigenvalue weighted by Gasteiger charge is 2.47. The van der Waals surface area contributed by atoms with Crippen LogP contribution in [0.4, 0.5) is 14.5 Å². The van der Waals surface area contributed by atoms with Crippen molar-refractivity contribution in [2.75, 3.05) is 18.4 Å². The summed E-state index contributed by atoms with van der Waals surface area (Å²) in [4.78, 5) is 31.3. The Balaban J connectivity index is 1.40. The molecule has 2 atom stereocenters. The van der Waals surface area contributed by atoms with Crippen molar-refractivity contribution >= 4 is 35.3 Å². The molecular weight excluding hydrogens is 484 g/mol. The Morgan fingerprint density at radius 2 is 2.14 bits per heavy atom. The maximum Gasteiger partial charge on any atom is 0.268 e. The van der Waals surface area contributed by atoms with Crippen LogP contribution >= 0.6 is 11.8 Å². The lowest BCUT2D eigenvalue weighted by Gasteiger charge is -2.19. The van der Waals surface area contributed by atoms with Gasteiger partial charge in [-0.1, -0.05) is 50.8 Å². The van der Waals surface area contributed by atoms with Crippen molar-refractivity contribution in [3.8, 4) is 6.07 Å². The first-order chi connectivity index (χ1) is 17.0. The highest BCUT2D eigenvalue weighted by Crippen LogP contribution is 2.41. The van der Waals surface area contributed by atoms with Gasteiger partial charge in [-0.3, -0.25) is 14.6 Å². The van der Waals surface area contributed by atoms with Crippen LogP contribution in [0.15, 0.2) is 47.6 Å². The molecule has 0 radical (unpaired) electrons. The van der Waals surface area contributed by atoms with E-state index in [0.717, 1.165) is 15.5 Å². The maximum atomic E-state index is 13.6. The first-order valence-electron chi connectivity index (χ1n) is 11.5. The summed E-state index contributed by atoms with van der Waals surface area (Å²) in [5.41, 5.74) is 3.19. The Hall–Kier alpha value is -3.45. The number of nitrogens with zero attached hydrogens (tertiary/aromatic N) is 3. The molecule has 2 aromatic rings. The Labute approximate surface area is 213 Å². The third-order valence-corrected chi connectivity index (χ3v) is 7.22. The molecule has 1 aromatic carbocycles. The number of benzene rings is 1. The molecule has 1 saturated heterocycles. The quantitative estimate of drug-likeness (QED) is 0.617. The number of alkyl halides is 2. The fourth-order valence-corrected chi connectivity index (χ4v) is 5.11. The second-order valence-electron chi connectivity index (χ2n) is 9.88. The van der Waals surface area contributed by atoms with E-state index in [4.69, 9.17) is 5.26 Å². The number of carbonyl (C=O) groups excluding carboxylic acids is 2. The summed E-state index contributed by atoms with van der Waals surface area (Å²) in [6.07, 6.45) is 6.04. The van der Waals surface area contributed by atoms with E-state index in [0.29, 0.717) is 11.1 Å². The summed E-state index contributed by atoms with van der Waals surface area (Å²) < 4.78 is 27.3. The molecule has 2 aliphatic rings. The van der Waals surface area contributed by atoms with E-state index in [-0.39, 0.29) is 10.8 Å². The van der Waals surface area contributed by atoms with E-state index in [1.54, 1.807) is 30.1 Å². The van der Waals surface area contributed by atoms with Crippen LogP contribution < -0.4 is 10.6 Å². The van der Waals surface area contributed by atoms with Crippen molar-refractivity contribution in [1.29, 1.82) is 5.26 Å². The van der Waals surface area contributed by atoms with Gasteiger partial charge in [-0.25, -0.2) is 8.78 Å². The molecule has 2 amide bonds. The lowest BCUT2D eigenvalue weighted by atomic mass is 9.87. The van der Waals surface area contributed by atoms with Gasteiger partial charge in [0.2, 0.25) is 5.91 Å². The number of rotatable bonds is 5. The molecule has 0 saturated carbocycles. The zero-order chi connectivity index (χ0) is 26.1. The van der Waals surface area contributed by atoms with Crippen LogP contribution in [0.2, 0.25) is 0 Å². The number of pyridine rings is 1. The number of anilines is 1. The lowest BCUT2D eigenvalue weighted by molar-refractivity contribution is -0.131. The van der Waals surface area contributed by atoms with Gasteiger partial charge in [0, 0.05) is 40.5 Å². The minimum Gasteiger partial charge on any atom is -0.369 e. The number of aromatic nitrogens is 1. The fourth-order valence-electron chi connectivity index (χ4n) is 4.10. The number of likely N-dealkylation sites (tertiary alicyclic amines) is 1. The molecule has 0 bridgehead atoms. The predicted octanol–water partition coefficient (Wildman–Crippen LogP) is 4.43. The van der Waals surface area contributed by atoms with E-state index < -0.39 is 43.3 Å². The molecule has 1 fully saturated rings. The standard InChI is InChI=1S/C26H27F2N5O2S/c1-25(2,3)17-5-6-21-20(10-17)32-22(36-21)7-4-16-13-30-9-8-19(16)24(35)31-14-23(34)33-15-26(27,28)11-18(33)12-29/h4-10,13,18,22,32H,11,14-15H2,1-3H3,(H,31,35)/b7-4+/t18-,22?/m0/s1. The average Bonchev–Trinajstić information content (AvgIpc) is 3.39. The third kappa shape index (κ3) is 5.68. The molecule has 2 N–H and O–H groups in total. The van der Waals surface area contributed by atoms with Crippen LogP contribution in [0.5, 0.6) is 0 Å². The molecule has 10 heteroatoms. The number of nitrogens with one attached hydrogen (secondary N) is 2. The molecule has 188 valence electrons. The van der Waals surface area contributed by atoms with Crippen LogP contribution in [-0.4, -0.2) is 52.1 Å². The molecular formula is C26H27F2N5O2S. The Morgan fingerprint density at radius 1 is 1.36 bits per heavy atom. The Kier molecular flexibility index (Phi) is 7.05. The van der Waals surface area contributed by atoms with Crippen LogP contribution in [0, 0.1) is 11.3 Å². The van der Waals surface area contributed by atoms with Crippen molar-refractivity contribution in [3.05, 3.63) is 59.4 Å². The highest BCUT2D eigenvalue weighted by molar-refractivity contribution is 8.00. The zero-order valence-corrected chi connectivity index (χ0v) is 21.0. The van der Waals surface area contributed by atoms with Gasteiger partial charge in [0.05, 0.1) is 24.5 Å². The van der Waals surface area contributed by atoms with E-state index in [2.05, 4.69) is 54.6 Å². The smallest absolute Gasteiger partial charge is 0.268 e. The van der Waals surface area contributed by atoms with Gasteiger partial charge >= 0.3 is 0 Å². The Morgan fingerprint density at radius 3 is 2.86 bits per heavy atom. The summed E-state index contributed by atoms with van der Waals surface area (Å²) in [5.74, 6) is -4.36. The normalized spacial score (nSPS) is 20.6. The van der Waals surface area contributed by atoms with E-state index in [9.17, 15) is 18.4 Å². The SMILES string of the molecule is CC(C)(C)c1ccc2c(c1)NC(/C=C/c1cnccc1C(=O)NCC(=O)N1CC(F)(F)C[C@H]1C#N)S2. The van der Waals surface area contributed by atoms with Crippen LogP contribution in [0.1, 0.15) is 48.7 Å². The number of halogens is 2. The molecule has 1 unspecified atom stereocenters. The summed E-state index contributed by atoms with van der Waals surface area (Å²) in [6.45, 7) is 5.19. The van der Waals surface area contributed by atoms with E-state index in [1.807, 2.05) is 6.08 Å². The van der Waals surface area contributed by atoms with Gasteiger partial charge in [0.15, 0.2) is 0 Å². The minimum atomic E-state index is -3.11. The van der Waals surface area contributed by atoms with E-state index in [1.165, 1.54) is 17.8 Å². The van der Waals surface area contributed by atoms with Gasteiger partial charge in [-0.15, -0.1) is 0 Å². The summed E-state index contributed by atoms with van der Waals surface area (Å²) >= 11 is 1.66. The predicted molar refractivity (Wildman–Crippen MR) is 135 cm³/mol. The van der Waals surface area contributed by atoms with Gasteiger partial charge in [0.25, 0.3) is 11.8 Å². The number of nitriles is 1. The highest BCUT2D eigenvalue weighted by atomic mass is 32.2. The van der Waals surface area contributed by atoms with Crippen molar-refractivity contribution in [1.82, 2.24) is 15.2 Å². The molecule has 0 aliphatic carbocycles. The number of fused-ring (bicyclic) bond motifs is 1. The monoisotopic (exact) mass is 511 g/mol. The van der Waals surface area contributed by atoms with Crippen molar-refractivity contribution < 1.29 is 18.4 Å². The Bertz CT molecular complexity index is 1250. The lowest BCUT2D eigenvalue weighted by Crippen LogP contribution is -2.43. The van der Waals surface area contributed by atoms with E-state index >= 15 is 0 Å². The molecule has 0 spiro atoms. The van der Waals surface area contributed by atoms with Crippen LogP contribution in [-0.2, 0) is 10.2 Å². The molecule has 1 aromatic heterocycles. The van der Waals surface area contributed by atoms with Crippen molar-refractivity contribution in [3.63, 3.8) is 0 Å². The number of hydrogen-bond acceptors (Lipinski definition) is 6. The number of amides is 2. The molecule has 3 heterocycles. The van der Waals surface area contributed by atoms with Crippen molar-refractivity contribution in [2.24, 2.45) is 0 Å². The summed E-state index contributed by atoms with van der Waals surface area (Å²) in [6, 6.07) is 8.44. The third-order valence-electron chi connectivity index (χ3n) is 6.08. The topological polar surface area (TPSA) is 98.1 Å². The minimum absolute atomic E-state index is 0.0346. The number of thioether (sulfide) groups is 1. The summed E-state index contributed by atoms with van der Waals surface area (Å²) in [7, 11) is 0. The molecule has 4 rings (SSSR count). The zero-order valence-electron chi connectivity index (χ0n) is 20.2. The second-order valence-corrected chi connectivity index (χ2v) is 11.1. The number of carbonyl (C=O) groups is 2. The summed E-state index contributed by atoms with van der Waals surface area (Å²) in [5, 5.41) is 15.0. The largest absolute Gasteiger partial charge is 0.369 e. The molecule has 2 aliphatic heterocycles. The van der Waals surface area contributed by atoms with Gasteiger partial charge < -0.3 is 15.5 Å². The first kappa shape index (κ1) is 25.6. The maximum absolute atomic E-state index is 13.6.